The molecule has 1 aromatic carbocycles. The van der Waals surface area contributed by atoms with E-state index >= 15 is 0 Å². The molecule has 0 spiro atoms. The van der Waals surface area contributed by atoms with Crippen LogP contribution in [0.3, 0.4) is 0 Å². The third-order valence-corrected chi connectivity index (χ3v) is 5.37. The van der Waals surface area contributed by atoms with Gasteiger partial charge in [0.1, 0.15) is 0 Å². The molecule has 0 saturated carbocycles. The number of amides is 2. The summed E-state index contributed by atoms with van der Waals surface area (Å²) in [6.07, 6.45) is 3.46. The SMILES string of the molecule is CCCCC(=O)N1CCCN(C(=O)c2ccc(SC(C)C)cc2)CC1. The quantitative estimate of drug-likeness (QED) is 0.717. The normalized spacial score (nSPS) is 15.4. The highest BCUT2D eigenvalue weighted by Crippen LogP contribution is 2.23. The van der Waals surface area contributed by atoms with Crippen molar-refractivity contribution in [3.63, 3.8) is 0 Å². The third-order valence-electron chi connectivity index (χ3n) is 4.35. The van der Waals surface area contributed by atoms with Crippen LogP contribution in [0.2, 0.25) is 0 Å². The fourth-order valence-corrected chi connectivity index (χ4v) is 3.82. The Bertz CT molecular complexity index is 572. The van der Waals surface area contributed by atoms with Crippen LogP contribution in [0.25, 0.3) is 0 Å². The highest BCUT2D eigenvalue weighted by molar-refractivity contribution is 7.99. The number of carbonyl (C=O) groups excluding carboxylic acids is 2. The van der Waals surface area contributed by atoms with Gasteiger partial charge in [0.05, 0.1) is 0 Å². The van der Waals surface area contributed by atoms with Gasteiger partial charge >= 0.3 is 0 Å². The number of benzene rings is 1. The first-order chi connectivity index (χ1) is 12.0. The molecule has 2 rings (SSSR count). The fourth-order valence-electron chi connectivity index (χ4n) is 2.99. The average Bonchev–Trinajstić information content (AvgIpc) is 2.85. The van der Waals surface area contributed by atoms with Crippen LogP contribution in [-0.2, 0) is 4.79 Å². The highest BCUT2D eigenvalue weighted by atomic mass is 32.2. The lowest BCUT2D eigenvalue weighted by Gasteiger charge is -2.22. The van der Waals surface area contributed by atoms with Crippen LogP contribution < -0.4 is 0 Å². The van der Waals surface area contributed by atoms with E-state index in [1.807, 2.05) is 34.1 Å². The number of nitrogens with zero attached hydrogens (tertiary/aromatic N) is 2. The van der Waals surface area contributed by atoms with Gasteiger partial charge in [0.25, 0.3) is 5.91 Å². The Labute approximate surface area is 156 Å². The lowest BCUT2D eigenvalue weighted by molar-refractivity contribution is -0.131. The molecule has 5 heteroatoms. The lowest BCUT2D eigenvalue weighted by atomic mass is 10.2. The maximum Gasteiger partial charge on any atom is 0.253 e. The van der Waals surface area contributed by atoms with Crippen LogP contribution >= 0.6 is 11.8 Å². The fraction of sp³-hybridized carbons (Fsp3) is 0.600. The van der Waals surface area contributed by atoms with E-state index in [0.29, 0.717) is 24.8 Å². The van der Waals surface area contributed by atoms with Gasteiger partial charge < -0.3 is 9.80 Å². The first kappa shape index (κ1) is 19.8. The first-order valence-electron chi connectivity index (χ1n) is 9.35. The van der Waals surface area contributed by atoms with Gasteiger partial charge in [-0.1, -0.05) is 27.2 Å². The Balaban J connectivity index is 1.93. The number of unbranched alkanes of at least 4 members (excludes halogenated alkanes) is 1. The maximum absolute atomic E-state index is 12.8. The van der Waals surface area contributed by atoms with Crippen molar-refractivity contribution in [2.45, 2.75) is 56.6 Å². The molecule has 0 aromatic heterocycles. The van der Waals surface area contributed by atoms with Crippen LogP contribution in [0, 0.1) is 0 Å². The summed E-state index contributed by atoms with van der Waals surface area (Å²) < 4.78 is 0. The van der Waals surface area contributed by atoms with Crippen molar-refractivity contribution in [1.82, 2.24) is 9.80 Å². The standard InChI is InChI=1S/C20H30N2O2S/c1-4-5-7-19(23)21-12-6-13-22(15-14-21)20(24)17-8-10-18(11-9-17)25-16(2)3/h8-11,16H,4-7,12-15H2,1-3H3. The van der Waals surface area contributed by atoms with E-state index in [4.69, 9.17) is 0 Å². The summed E-state index contributed by atoms with van der Waals surface area (Å²) in [5.74, 6) is 0.301. The third kappa shape index (κ3) is 6.07. The Morgan fingerprint density at radius 2 is 1.68 bits per heavy atom. The molecule has 0 unspecified atom stereocenters. The van der Waals surface area contributed by atoms with Gasteiger partial charge in [0.2, 0.25) is 5.91 Å². The van der Waals surface area contributed by atoms with Crippen LogP contribution in [0.4, 0.5) is 0 Å². The van der Waals surface area contributed by atoms with E-state index in [0.717, 1.165) is 37.9 Å². The molecule has 1 aliphatic heterocycles. The largest absolute Gasteiger partial charge is 0.341 e. The Morgan fingerprint density at radius 1 is 1.04 bits per heavy atom. The molecule has 0 atom stereocenters. The zero-order valence-electron chi connectivity index (χ0n) is 15.7. The summed E-state index contributed by atoms with van der Waals surface area (Å²) in [5.41, 5.74) is 0.735. The smallest absolute Gasteiger partial charge is 0.253 e. The van der Waals surface area contributed by atoms with Gasteiger partial charge in [-0.2, -0.15) is 0 Å². The highest BCUT2D eigenvalue weighted by Gasteiger charge is 2.22. The molecule has 0 N–H and O–H groups in total. The van der Waals surface area contributed by atoms with Crippen LogP contribution in [0.5, 0.6) is 0 Å². The van der Waals surface area contributed by atoms with E-state index < -0.39 is 0 Å². The molecule has 1 fully saturated rings. The molecule has 2 amide bonds. The molecule has 138 valence electrons. The zero-order valence-corrected chi connectivity index (χ0v) is 16.5. The minimum Gasteiger partial charge on any atom is -0.341 e. The lowest BCUT2D eigenvalue weighted by Crippen LogP contribution is -2.37. The van der Waals surface area contributed by atoms with E-state index in [9.17, 15) is 9.59 Å². The zero-order chi connectivity index (χ0) is 18.2. The van der Waals surface area contributed by atoms with Crippen molar-refractivity contribution in [2.24, 2.45) is 0 Å². The van der Waals surface area contributed by atoms with Gasteiger partial charge in [-0.05, 0) is 37.1 Å². The van der Waals surface area contributed by atoms with Gasteiger partial charge in [-0.3, -0.25) is 9.59 Å². The number of thioether (sulfide) groups is 1. The van der Waals surface area contributed by atoms with Crippen LogP contribution in [0.1, 0.15) is 56.8 Å². The van der Waals surface area contributed by atoms with E-state index in [1.54, 1.807) is 11.8 Å². The van der Waals surface area contributed by atoms with Crippen molar-refractivity contribution in [1.29, 1.82) is 0 Å². The molecular formula is C20H30N2O2S. The topological polar surface area (TPSA) is 40.6 Å². The molecule has 0 bridgehead atoms. The molecule has 1 aliphatic rings. The predicted octanol–water partition coefficient (Wildman–Crippen LogP) is 4.05. The minimum absolute atomic E-state index is 0.0731. The van der Waals surface area contributed by atoms with Crippen LogP contribution in [-0.4, -0.2) is 53.0 Å². The van der Waals surface area contributed by atoms with Gasteiger partial charge in [0, 0.05) is 48.3 Å². The number of hydrogen-bond donors (Lipinski definition) is 0. The van der Waals surface area contributed by atoms with Crippen molar-refractivity contribution < 1.29 is 9.59 Å². The summed E-state index contributed by atoms with van der Waals surface area (Å²) in [6, 6.07) is 7.89. The average molecular weight is 363 g/mol. The monoisotopic (exact) mass is 362 g/mol. The molecule has 1 heterocycles. The second kappa shape index (κ2) is 9.85. The van der Waals surface area contributed by atoms with Gasteiger partial charge in [-0.15, -0.1) is 11.8 Å². The minimum atomic E-state index is 0.0731. The van der Waals surface area contributed by atoms with Gasteiger partial charge in [-0.25, -0.2) is 0 Å². The van der Waals surface area contributed by atoms with Crippen molar-refractivity contribution in [2.75, 3.05) is 26.2 Å². The Kier molecular flexibility index (Phi) is 7.82. The number of hydrogen-bond acceptors (Lipinski definition) is 3. The van der Waals surface area contributed by atoms with Crippen molar-refractivity contribution >= 4 is 23.6 Å². The second-order valence-corrected chi connectivity index (χ2v) is 8.47. The predicted molar refractivity (Wildman–Crippen MR) is 104 cm³/mol. The summed E-state index contributed by atoms with van der Waals surface area (Å²) in [5, 5.41) is 0.531. The molecule has 1 saturated heterocycles. The molecule has 4 nitrogen and oxygen atoms in total. The van der Waals surface area contributed by atoms with E-state index in [2.05, 4.69) is 20.8 Å². The molecular weight excluding hydrogens is 332 g/mol. The summed E-state index contributed by atoms with van der Waals surface area (Å²) in [7, 11) is 0. The first-order valence-corrected chi connectivity index (χ1v) is 10.2. The number of rotatable bonds is 6. The second-order valence-electron chi connectivity index (χ2n) is 6.82. The molecule has 25 heavy (non-hydrogen) atoms. The van der Waals surface area contributed by atoms with E-state index in [1.165, 1.54) is 4.90 Å². The Hall–Kier alpha value is -1.49. The maximum atomic E-state index is 12.8. The Morgan fingerprint density at radius 3 is 2.32 bits per heavy atom. The summed E-state index contributed by atoms with van der Waals surface area (Å²) in [4.78, 5) is 30.0. The van der Waals surface area contributed by atoms with E-state index in [-0.39, 0.29) is 11.8 Å². The summed E-state index contributed by atoms with van der Waals surface area (Å²) >= 11 is 1.80. The molecule has 1 aromatic rings. The van der Waals surface area contributed by atoms with Crippen molar-refractivity contribution in [3.05, 3.63) is 29.8 Å². The van der Waals surface area contributed by atoms with Gasteiger partial charge in [0.15, 0.2) is 0 Å². The molecule has 0 aliphatic carbocycles. The summed E-state index contributed by atoms with van der Waals surface area (Å²) in [6.45, 7) is 9.17. The van der Waals surface area contributed by atoms with Crippen LogP contribution in [0.15, 0.2) is 29.2 Å². The number of carbonyl (C=O) groups is 2. The molecule has 0 radical (unpaired) electrons. The van der Waals surface area contributed by atoms with Crippen molar-refractivity contribution in [3.8, 4) is 0 Å².